The van der Waals surface area contributed by atoms with Gasteiger partial charge in [0.2, 0.25) is 0 Å². The number of aryl methyl sites for hydroxylation is 4. The molecule has 0 amide bonds. The Balaban J connectivity index is 0.000000647. The molecule has 0 aliphatic carbocycles. The molecule has 3 heteroatoms. The van der Waals surface area contributed by atoms with E-state index in [0.29, 0.717) is 0 Å². The van der Waals surface area contributed by atoms with Crippen LogP contribution in [0.3, 0.4) is 0 Å². The van der Waals surface area contributed by atoms with E-state index in [1.165, 1.54) is 44.2 Å². The zero-order chi connectivity index (χ0) is 17.7. The van der Waals surface area contributed by atoms with Crippen molar-refractivity contribution in [1.29, 1.82) is 0 Å². The van der Waals surface area contributed by atoms with Crippen LogP contribution in [0.5, 0.6) is 0 Å². The third kappa shape index (κ3) is 4.57. The zero-order valence-corrected chi connectivity index (χ0v) is 18.7. The molecule has 0 aromatic heterocycles. The Morgan fingerprint density at radius 1 is 0.917 bits per heavy atom. The van der Waals surface area contributed by atoms with Gasteiger partial charge < -0.3 is 0 Å². The number of benzene rings is 2. The molecule has 0 radical (unpaired) electrons. The quantitative estimate of drug-likeness (QED) is 0.376. The summed E-state index contributed by atoms with van der Waals surface area (Å²) in [6, 6.07) is 16.2. The molecule has 0 heterocycles. The standard InChI is InChI=1S/C21H23.2ClH.Zr/c1-5-16-12-18-8-7-17(6-2)21(20(18)13-16)19-10-14(3)9-15(4)11-19;;;/h7-13H,5-6H2,1-4H3;2*1H;/q-1;;;+2/p-2. The van der Waals surface area contributed by atoms with E-state index in [-0.39, 0.29) is 0 Å². The van der Waals surface area contributed by atoms with E-state index >= 15 is 0 Å². The number of hydrogen-bond donors (Lipinski definition) is 0. The SMILES string of the molecule is CCc1cc2c(-c3cc(C)cc(C)c3)c(CC)ccc2[cH-]1.[Cl][Zr][Cl]. The van der Waals surface area contributed by atoms with Crippen molar-refractivity contribution in [3.8, 4) is 11.1 Å². The van der Waals surface area contributed by atoms with E-state index < -0.39 is 20.8 Å². The second-order valence-corrected chi connectivity index (χ2v) is 9.85. The van der Waals surface area contributed by atoms with Crippen LogP contribution in [-0.4, -0.2) is 0 Å². The minimum atomic E-state index is -0.826. The second kappa shape index (κ2) is 9.28. The first-order valence-corrected chi connectivity index (χ1v) is 14.6. The van der Waals surface area contributed by atoms with Crippen LogP contribution < -0.4 is 0 Å². The van der Waals surface area contributed by atoms with Gasteiger partial charge in [-0.2, -0.15) is 6.07 Å². The second-order valence-electron chi connectivity index (χ2n) is 6.12. The fourth-order valence-corrected chi connectivity index (χ4v) is 3.35. The Labute approximate surface area is 164 Å². The fourth-order valence-electron chi connectivity index (χ4n) is 3.35. The summed E-state index contributed by atoms with van der Waals surface area (Å²) in [7, 11) is 9.87. The summed E-state index contributed by atoms with van der Waals surface area (Å²) < 4.78 is 0. The van der Waals surface area contributed by atoms with Crippen molar-refractivity contribution in [2.24, 2.45) is 0 Å². The Kier molecular flexibility index (Phi) is 7.67. The molecule has 0 saturated heterocycles. The average molecular weight is 438 g/mol. The molecule has 0 bridgehead atoms. The predicted molar refractivity (Wildman–Crippen MR) is 105 cm³/mol. The van der Waals surface area contributed by atoms with Crippen molar-refractivity contribution in [3.63, 3.8) is 0 Å². The van der Waals surface area contributed by atoms with Crippen LogP contribution in [0.15, 0.2) is 42.5 Å². The van der Waals surface area contributed by atoms with E-state index in [2.05, 4.69) is 70.2 Å². The monoisotopic (exact) mass is 435 g/mol. The van der Waals surface area contributed by atoms with Crippen LogP contribution in [-0.2, 0) is 33.7 Å². The first kappa shape index (κ1) is 19.8. The molecule has 0 nitrogen and oxygen atoms in total. The maximum absolute atomic E-state index is 4.93. The van der Waals surface area contributed by atoms with Crippen LogP contribution in [0.4, 0.5) is 0 Å². The fraction of sp³-hybridized carbons (Fsp3) is 0.286. The Hall–Kier alpha value is -0.487. The molecule has 126 valence electrons. The Bertz CT molecular complexity index is 798. The third-order valence-electron chi connectivity index (χ3n) is 4.34. The maximum atomic E-state index is 4.93. The molecule has 0 atom stereocenters. The number of fused-ring (bicyclic) bond motifs is 1. The Morgan fingerprint density at radius 3 is 2.08 bits per heavy atom. The van der Waals surface area contributed by atoms with Gasteiger partial charge in [0.05, 0.1) is 0 Å². The molecule has 0 aliphatic heterocycles. The topological polar surface area (TPSA) is 0 Å². The molecule has 0 spiro atoms. The molecule has 3 rings (SSSR count). The summed E-state index contributed by atoms with van der Waals surface area (Å²) in [5.74, 6) is 0. The number of hydrogen-bond acceptors (Lipinski definition) is 0. The summed E-state index contributed by atoms with van der Waals surface area (Å²) >= 11 is -0.826. The van der Waals surface area contributed by atoms with Gasteiger partial charge in [-0.25, -0.2) is 0 Å². The molecule has 0 N–H and O–H groups in total. The zero-order valence-electron chi connectivity index (χ0n) is 14.7. The van der Waals surface area contributed by atoms with Crippen LogP contribution in [0, 0.1) is 13.8 Å². The van der Waals surface area contributed by atoms with Crippen molar-refractivity contribution >= 4 is 27.8 Å². The van der Waals surface area contributed by atoms with Crippen molar-refractivity contribution in [1.82, 2.24) is 0 Å². The van der Waals surface area contributed by atoms with Gasteiger partial charge in [0.1, 0.15) is 0 Å². The molecule has 0 unspecified atom stereocenters. The Morgan fingerprint density at radius 2 is 1.54 bits per heavy atom. The molecular weight excluding hydrogens is 414 g/mol. The summed E-state index contributed by atoms with van der Waals surface area (Å²) in [5.41, 5.74) is 8.35. The first-order valence-electron chi connectivity index (χ1n) is 8.30. The van der Waals surface area contributed by atoms with E-state index in [9.17, 15) is 0 Å². The van der Waals surface area contributed by atoms with Gasteiger partial charge in [-0.3, -0.25) is 0 Å². The molecule has 0 saturated carbocycles. The number of halogens is 2. The van der Waals surface area contributed by atoms with E-state index in [0.717, 1.165) is 12.8 Å². The van der Waals surface area contributed by atoms with Crippen LogP contribution in [0.25, 0.3) is 21.9 Å². The van der Waals surface area contributed by atoms with Crippen molar-refractivity contribution < 1.29 is 20.8 Å². The summed E-state index contributed by atoms with van der Waals surface area (Å²) in [6.45, 7) is 8.85. The summed E-state index contributed by atoms with van der Waals surface area (Å²) in [5, 5.41) is 2.79. The third-order valence-corrected chi connectivity index (χ3v) is 4.34. The first-order chi connectivity index (χ1) is 11.5. The molecule has 24 heavy (non-hydrogen) atoms. The van der Waals surface area contributed by atoms with Crippen molar-refractivity contribution in [2.45, 2.75) is 40.5 Å². The molecule has 3 aromatic rings. The van der Waals surface area contributed by atoms with Gasteiger partial charge >= 0.3 is 37.9 Å². The van der Waals surface area contributed by atoms with E-state index in [1.54, 1.807) is 0 Å². The van der Waals surface area contributed by atoms with Gasteiger partial charge in [0.25, 0.3) is 0 Å². The van der Waals surface area contributed by atoms with Crippen molar-refractivity contribution in [3.05, 3.63) is 64.7 Å². The minimum absolute atomic E-state index is 0.826. The normalized spacial score (nSPS) is 10.4. The molecular formula is C21H23Cl2Zr-. The number of rotatable bonds is 3. The van der Waals surface area contributed by atoms with E-state index in [1.807, 2.05) is 0 Å². The van der Waals surface area contributed by atoms with Gasteiger partial charge in [0.15, 0.2) is 0 Å². The average Bonchev–Trinajstić information content (AvgIpc) is 2.96. The van der Waals surface area contributed by atoms with Gasteiger partial charge in [-0.15, -0.1) is 34.5 Å². The van der Waals surface area contributed by atoms with Crippen molar-refractivity contribution in [2.75, 3.05) is 0 Å². The molecule has 3 aromatic carbocycles. The van der Waals surface area contributed by atoms with Crippen LogP contribution >= 0.6 is 17.0 Å². The van der Waals surface area contributed by atoms with Crippen LogP contribution in [0.2, 0.25) is 0 Å². The van der Waals surface area contributed by atoms with E-state index in [4.69, 9.17) is 17.0 Å². The summed E-state index contributed by atoms with van der Waals surface area (Å²) in [4.78, 5) is 0. The predicted octanol–water partition coefficient (Wildman–Crippen LogP) is 7.34. The van der Waals surface area contributed by atoms with Crippen LogP contribution in [0.1, 0.15) is 36.1 Å². The summed E-state index contributed by atoms with van der Waals surface area (Å²) in [6.07, 6.45) is 2.17. The van der Waals surface area contributed by atoms with Gasteiger partial charge in [-0.1, -0.05) is 54.3 Å². The van der Waals surface area contributed by atoms with Gasteiger partial charge in [0, 0.05) is 0 Å². The van der Waals surface area contributed by atoms with Gasteiger partial charge in [-0.05, 0) is 32.3 Å². The molecule has 0 fully saturated rings. The molecule has 0 aliphatic rings.